The van der Waals surface area contributed by atoms with Crippen LogP contribution in [-0.4, -0.2) is 39.7 Å². The van der Waals surface area contributed by atoms with E-state index in [0.717, 1.165) is 4.90 Å². The van der Waals surface area contributed by atoms with Crippen molar-refractivity contribution in [3.05, 3.63) is 41.3 Å². The van der Waals surface area contributed by atoms with Crippen LogP contribution < -0.4 is 16.2 Å². The van der Waals surface area contributed by atoms with Crippen molar-refractivity contribution >= 4 is 17.7 Å². The maximum atomic E-state index is 11.3. The Balaban J connectivity index is 0.000000304. The van der Waals surface area contributed by atoms with Crippen LogP contribution in [0.4, 0.5) is 16.4 Å². The van der Waals surface area contributed by atoms with Gasteiger partial charge in [0.1, 0.15) is 12.0 Å². The van der Waals surface area contributed by atoms with Gasteiger partial charge in [-0.3, -0.25) is 14.7 Å². The maximum Gasteiger partial charge on any atom is 0.416 e. The summed E-state index contributed by atoms with van der Waals surface area (Å²) in [6.07, 6.45) is 5.47. The minimum Gasteiger partial charge on any atom is -0.449 e. The molecule has 0 saturated heterocycles. The van der Waals surface area contributed by atoms with Gasteiger partial charge in [0, 0.05) is 19.4 Å². The molecule has 0 fully saturated rings. The maximum absolute atomic E-state index is 11.3. The van der Waals surface area contributed by atoms with Gasteiger partial charge in [0.25, 0.3) is 5.56 Å². The van der Waals surface area contributed by atoms with Crippen LogP contribution in [-0.2, 0) is 4.74 Å². The summed E-state index contributed by atoms with van der Waals surface area (Å²) >= 11 is 0. The van der Waals surface area contributed by atoms with Gasteiger partial charge in [0.15, 0.2) is 0 Å². The average Bonchev–Trinajstić information content (AvgIpc) is 2.52. The Morgan fingerprint density at radius 3 is 2.52 bits per heavy atom. The monoisotopic (exact) mass is 292 g/mol. The summed E-state index contributed by atoms with van der Waals surface area (Å²) < 4.78 is 4.72. The van der Waals surface area contributed by atoms with E-state index >= 15 is 0 Å². The van der Waals surface area contributed by atoms with Crippen molar-refractivity contribution in [1.82, 2.24) is 19.9 Å². The van der Waals surface area contributed by atoms with Crippen molar-refractivity contribution in [1.29, 1.82) is 0 Å². The topological polar surface area (TPSA) is 127 Å². The van der Waals surface area contributed by atoms with Gasteiger partial charge in [-0.25, -0.2) is 19.7 Å². The SMILES string of the molecule is CCOC(=O)N(C)c1ncc(N)c(=O)[nH]1.c1cncnc1. The first-order chi connectivity index (χ1) is 10.1. The molecule has 0 aliphatic carbocycles. The Hall–Kier alpha value is -2.97. The molecule has 9 heteroatoms. The van der Waals surface area contributed by atoms with Gasteiger partial charge in [0.2, 0.25) is 5.95 Å². The quantitative estimate of drug-likeness (QED) is 0.821. The zero-order chi connectivity index (χ0) is 15.7. The van der Waals surface area contributed by atoms with Crippen LogP contribution in [0.2, 0.25) is 0 Å². The molecule has 0 saturated carbocycles. The molecule has 112 valence electrons. The number of carbonyl (C=O) groups is 1. The minimum absolute atomic E-state index is 0.00370. The van der Waals surface area contributed by atoms with Crippen LogP contribution in [0, 0.1) is 0 Å². The Morgan fingerprint density at radius 1 is 1.43 bits per heavy atom. The number of rotatable bonds is 2. The molecule has 2 aromatic heterocycles. The molecule has 0 aliphatic rings. The molecule has 0 radical (unpaired) electrons. The number of nitrogens with two attached hydrogens (primary N) is 1. The van der Waals surface area contributed by atoms with Crippen molar-refractivity contribution in [2.24, 2.45) is 0 Å². The highest BCUT2D eigenvalue weighted by Crippen LogP contribution is 2.03. The van der Waals surface area contributed by atoms with Crippen LogP contribution in [0.25, 0.3) is 0 Å². The molecule has 1 amide bonds. The van der Waals surface area contributed by atoms with E-state index in [2.05, 4.69) is 19.9 Å². The molecular formula is C12H16N6O3. The van der Waals surface area contributed by atoms with Gasteiger partial charge in [0.05, 0.1) is 12.8 Å². The number of amides is 1. The van der Waals surface area contributed by atoms with Crippen LogP contribution in [0.1, 0.15) is 6.92 Å². The number of hydrogen-bond acceptors (Lipinski definition) is 7. The molecule has 3 N–H and O–H groups in total. The standard InChI is InChI=1S/C8H12N4O3.C4H4N2/c1-3-15-8(14)12(2)7-10-4-5(9)6(13)11-7;1-2-5-4-6-3-1/h4H,3,9H2,1-2H3,(H,10,11,13);1-4H. The average molecular weight is 292 g/mol. The molecule has 0 bridgehead atoms. The van der Waals surface area contributed by atoms with Crippen molar-refractivity contribution in [2.45, 2.75) is 6.92 Å². The number of nitrogens with zero attached hydrogens (tertiary/aromatic N) is 4. The first-order valence-electron chi connectivity index (χ1n) is 6.01. The molecule has 0 unspecified atom stereocenters. The lowest BCUT2D eigenvalue weighted by molar-refractivity contribution is 0.161. The van der Waals surface area contributed by atoms with Crippen LogP contribution >= 0.6 is 0 Å². The zero-order valence-electron chi connectivity index (χ0n) is 11.7. The molecule has 0 aliphatic heterocycles. The third kappa shape index (κ3) is 5.27. The molecule has 0 spiro atoms. The van der Waals surface area contributed by atoms with Gasteiger partial charge in [-0.1, -0.05) is 0 Å². The van der Waals surface area contributed by atoms with Gasteiger partial charge in [-0.15, -0.1) is 0 Å². The molecule has 0 atom stereocenters. The predicted molar refractivity (Wildman–Crippen MR) is 76.7 cm³/mol. The number of nitrogen functional groups attached to an aromatic ring is 1. The normalized spacial score (nSPS) is 9.24. The number of nitrogens with one attached hydrogen (secondary N) is 1. The summed E-state index contributed by atoms with van der Waals surface area (Å²) in [5.74, 6) is 0.0904. The first-order valence-corrected chi connectivity index (χ1v) is 6.01. The fourth-order valence-corrected chi connectivity index (χ4v) is 1.13. The van der Waals surface area contributed by atoms with E-state index in [-0.39, 0.29) is 18.2 Å². The molecular weight excluding hydrogens is 276 g/mol. The lowest BCUT2D eigenvalue weighted by Gasteiger charge is -2.14. The Bertz CT molecular complexity index is 589. The number of anilines is 2. The largest absolute Gasteiger partial charge is 0.449 e. The zero-order valence-corrected chi connectivity index (χ0v) is 11.7. The third-order valence-electron chi connectivity index (χ3n) is 2.15. The number of hydrogen-bond donors (Lipinski definition) is 2. The van der Waals surface area contributed by atoms with Gasteiger partial charge < -0.3 is 10.5 Å². The fraction of sp³-hybridized carbons (Fsp3) is 0.250. The summed E-state index contributed by atoms with van der Waals surface area (Å²) in [5, 5.41) is 0. The van der Waals surface area contributed by atoms with Crippen molar-refractivity contribution in [2.75, 3.05) is 24.3 Å². The number of aromatic nitrogens is 4. The lowest BCUT2D eigenvalue weighted by Crippen LogP contribution is -2.30. The summed E-state index contributed by atoms with van der Waals surface area (Å²) in [5.41, 5.74) is 4.79. The second-order valence-electron chi connectivity index (χ2n) is 3.65. The van der Waals surface area contributed by atoms with Crippen molar-refractivity contribution in [3.8, 4) is 0 Å². The van der Waals surface area contributed by atoms with Gasteiger partial charge in [-0.05, 0) is 13.0 Å². The second kappa shape index (κ2) is 8.25. The minimum atomic E-state index is -0.592. The van der Waals surface area contributed by atoms with E-state index in [1.807, 2.05) is 0 Å². The molecule has 9 nitrogen and oxygen atoms in total. The van der Waals surface area contributed by atoms with E-state index in [4.69, 9.17) is 10.5 Å². The predicted octanol–water partition coefficient (Wildman–Crippen LogP) is 0.421. The summed E-state index contributed by atoms with van der Waals surface area (Å²) in [4.78, 5) is 36.9. The molecule has 2 rings (SSSR count). The number of ether oxygens (including phenoxy) is 1. The van der Waals surface area contributed by atoms with E-state index in [0.29, 0.717) is 0 Å². The number of H-pyrrole nitrogens is 1. The summed E-state index contributed by atoms with van der Waals surface area (Å²) in [7, 11) is 1.44. The van der Waals surface area contributed by atoms with E-state index in [1.54, 1.807) is 25.4 Å². The van der Waals surface area contributed by atoms with Crippen LogP contribution in [0.15, 0.2) is 35.8 Å². The number of carbonyl (C=O) groups excluding carboxylic acids is 1. The van der Waals surface area contributed by atoms with Crippen molar-refractivity contribution in [3.63, 3.8) is 0 Å². The third-order valence-corrected chi connectivity index (χ3v) is 2.15. The fourth-order valence-electron chi connectivity index (χ4n) is 1.13. The Kier molecular flexibility index (Phi) is 6.32. The van der Waals surface area contributed by atoms with Crippen molar-refractivity contribution < 1.29 is 9.53 Å². The highest BCUT2D eigenvalue weighted by molar-refractivity contribution is 5.84. The Labute approximate surface area is 120 Å². The van der Waals surface area contributed by atoms with E-state index < -0.39 is 11.7 Å². The number of aromatic amines is 1. The van der Waals surface area contributed by atoms with Crippen LogP contribution in [0.3, 0.4) is 0 Å². The highest BCUT2D eigenvalue weighted by atomic mass is 16.6. The first kappa shape index (κ1) is 16.1. The van der Waals surface area contributed by atoms with Crippen LogP contribution in [0.5, 0.6) is 0 Å². The Morgan fingerprint density at radius 2 is 2.10 bits per heavy atom. The second-order valence-corrected chi connectivity index (χ2v) is 3.65. The summed E-state index contributed by atoms with van der Waals surface area (Å²) in [6, 6.07) is 1.78. The van der Waals surface area contributed by atoms with E-state index in [9.17, 15) is 9.59 Å². The van der Waals surface area contributed by atoms with Gasteiger partial charge >= 0.3 is 6.09 Å². The van der Waals surface area contributed by atoms with E-state index in [1.165, 1.54) is 19.6 Å². The lowest BCUT2D eigenvalue weighted by atomic mass is 10.5. The summed E-state index contributed by atoms with van der Waals surface area (Å²) in [6.45, 7) is 1.94. The highest BCUT2D eigenvalue weighted by Gasteiger charge is 2.13. The van der Waals surface area contributed by atoms with Gasteiger partial charge in [-0.2, -0.15) is 0 Å². The molecule has 2 aromatic rings. The smallest absolute Gasteiger partial charge is 0.416 e. The molecule has 2 heterocycles. The molecule has 21 heavy (non-hydrogen) atoms. The molecule has 0 aromatic carbocycles.